The molecule has 2 aliphatic heterocycles. The van der Waals surface area contributed by atoms with Crippen LogP contribution in [-0.4, -0.2) is 69.5 Å². The summed E-state index contributed by atoms with van der Waals surface area (Å²) in [7, 11) is 0. The lowest BCUT2D eigenvalue weighted by Gasteiger charge is -2.21. The largest absolute Gasteiger partial charge is 0.481 e. The predicted molar refractivity (Wildman–Crippen MR) is 87.0 cm³/mol. The molecule has 2 aliphatic rings. The molecule has 0 radical (unpaired) electrons. The Morgan fingerprint density at radius 2 is 2.12 bits per heavy atom. The second-order valence-corrected chi connectivity index (χ2v) is 6.88. The summed E-state index contributed by atoms with van der Waals surface area (Å²) in [6, 6.07) is -0.829. The van der Waals surface area contributed by atoms with Crippen molar-refractivity contribution >= 4 is 18.0 Å². The van der Waals surface area contributed by atoms with Crippen LogP contribution in [0.2, 0.25) is 0 Å². The minimum Gasteiger partial charge on any atom is -0.481 e. The smallest absolute Gasteiger partial charge is 0.408 e. The van der Waals surface area contributed by atoms with E-state index in [4.69, 9.17) is 4.74 Å². The lowest BCUT2D eigenvalue weighted by molar-refractivity contribution is -0.139. The van der Waals surface area contributed by atoms with Crippen LogP contribution in [0.15, 0.2) is 23.9 Å². The maximum atomic E-state index is 12.6. The number of amides is 2. The summed E-state index contributed by atoms with van der Waals surface area (Å²) in [6.07, 6.45) is 0.551. The van der Waals surface area contributed by atoms with E-state index in [2.05, 4.69) is 11.9 Å². The third kappa shape index (κ3) is 3.83. The first-order valence-electron chi connectivity index (χ1n) is 7.85. The number of hydrazine groups is 1. The number of carbonyl (C=O) groups excluding carboxylic acids is 2. The van der Waals surface area contributed by atoms with E-state index in [1.54, 1.807) is 25.8 Å². The molecule has 9 nitrogen and oxygen atoms in total. The van der Waals surface area contributed by atoms with Crippen LogP contribution in [0.3, 0.4) is 0 Å². The van der Waals surface area contributed by atoms with Gasteiger partial charge in [-0.25, -0.2) is 14.8 Å². The first-order valence-corrected chi connectivity index (χ1v) is 7.85. The molecule has 3 N–H and O–H groups in total. The Bertz CT molecular complexity index is 636. The minimum atomic E-state index is -1.10. The van der Waals surface area contributed by atoms with E-state index in [0.717, 1.165) is 0 Å². The molecule has 1 saturated heterocycles. The molecule has 0 saturated carbocycles. The standard InChI is InChI=1S/C16H23N3O6/c1-5-9(14(22)23)10-6-18-7-11(13(21)19(18)12(10)8-20)17-15(24)25-16(2,3)4/h5,9,11,20H,1,6-8H2,2-4H3,(H,17,24)(H,22,23)/t9?,11-/m0/s1. The van der Waals surface area contributed by atoms with Crippen molar-refractivity contribution in [2.24, 2.45) is 5.92 Å². The number of aliphatic hydroxyl groups excluding tert-OH is 1. The highest BCUT2D eigenvalue weighted by atomic mass is 16.6. The third-order valence-electron chi connectivity index (χ3n) is 3.88. The first kappa shape index (κ1) is 18.9. The van der Waals surface area contributed by atoms with Gasteiger partial charge in [-0.1, -0.05) is 6.08 Å². The van der Waals surface area contributed by atoms with E-state index in [9.17, 15) is 24.6 Å². The molecule has 0 aromatic rings. The Morgan fingerprint density at radius 3 is 2.60 bits per heavy atom. The SMILES string of the molecule is C=CC(C(=O)O)C1=C(CO)N2C(=O)[C@@H](NC(=O)OC(C)(C)C)CN2C1. The molecule has 0 aliphatic carbocycles. The summed E-state index contributed by atoms with van der Waals surface area (Å²) < 4.78 is 5.14. The third-order valence-corrected chi connectivity index (χ3v) is 3.88. The summed E-state index contributed by atoms with van der Waals surface area (Å²) in [5, 5.41) is 24.2. The highest BCUT2D eigenvalue weighted by Crippen LogP contribution is 2.33. The number of hydrogen-bond donors (Lipinski definition) is 3. The highest BCUT2D eigenvalue weighted by Gasteiger charge is 2.47. The van der Waals surface area contributed by atoms with E-state index in [0.29, 0.717) is 5.57 Å². The zero-order valence-electron chi connectivity index (χ0n) is 14.5. The average molecular weight is 353 g/mol. The van der Waals surface area contributed by atoms with Gasteiger partial charge in [0.05, 0.1) is 18.2 Å². The number of hydrogen-bond acceptors (Lipinski definition) is 6. The number of fused-ring (bicyclic) bond motifs is 1. The fourth-order valence-corrected chi connectivity index (χ4v) is 2.92. The molecule has 0 spiro atoms. The summed E-state index contributed by atoms with van der Waals surface area (Å²) in [5.74, 6) is -2.54. The molecule has 2 amide bonds. The second-order valence-electron chi connectivity index (χ2n) is 6.88. The number of carbonyl (C=O) groups is 3. The number of aliphatic hydroxyl groups is 1. The maximum absolute atomic E-state index is 12.6. The zero-order valence-corrected chi connectivity index (χ0v) is 14.5. The predicted octanol–water partition coefficient (Wildman–Crippen LogP) is 0.0857. The van der Waals surface area contributed by atoms with E-state index in [1.807, 2.05) is 0 Å². The van der Waals surface area contributed by atoms with Crippen molar-refractivity contribution in [2.45, 2.75) is 32.4 Å². The van der Waals surface area contributed by atoms with Gasteiger partial charge < -0.3 is 20.3 Å². The van der Waals surface area contributed by atoms with Crippen LogP contribution in [0.4, 0.5) is 4.79 Å². The van der Waals surface area contributed by atoms with Gasteiger partial charge in [-0.15, -0.1) is 6.58 Å². The molecule has 1 fully saturated rings. The maximum Gasteiger partial charge on any atom is 0.408 e. The number of alkyl carbamates (subject to hydrolysis) is 1. The van der Waals surface area contributed by atoms with E-state index in [-0.39, 0.29) is 18.8 Å². The Labute approximate surface area is 145 Å². The summed E-state index contributed by atoms with van der Waals surface area (Å²) in [5.41, 5.74) is -0.0654. The molecule has 25 heavy (non-hydrogen) atoms. The van der Waals surface area contributed by atoms with E-state index in [1.165, 1.54) is 11.1 Å². The van der Waals surface area contributed by atoms with Crippen LogP contribution in [0.5, 0.6) is 0 Å². The molecule has 1 unspecified atom stereocenters. The Morgan fingerprint density at radius 1 is 1.48 bits per heavy atom. The fourth-order valence-electron chi connectivity index (χ4n) is 2.92. The number of ether oxygens (including phenoxy) is 1. The van der Waals surface area contributed by atoms with Gasteiger partial charge in [0.2, 0.25) is 0 Å². The van der Waals surface area contributed by atoms with Crippen molar-refractivity contribution in [3.8, 4) is 0 Å². The van der Waals surface area contributed by atoms with Crippen LogP contribution in [0.1, 0.15) is 20.8 Å². The molecule has 0 aromatic carbocycles. The average Bonchev–Trinajstić information content (AvgIpc) is 2.95. The quantitative estimate of drug-likeness (QED) is 0.599. The molecule has 138 valence electrons. The molecule has 2 rings (SSSR count). The van der Waals surface area contributed by atoms with Crippen LogP contribution in [-0.2, 0) is 14.3 Å². The van der Waals surface area contributed by atoms with Crippen molar-refractivity contribution in [1.82, 2.24) is 15.3 Å². The van der Waals surface area contributed by atoms with Crippen LogP contribution in [0.25, 0.3) is 0 Å². The molecular formula is C16H23N3O6. The Hall–Kier alpha value is -2.39. The molecule has 0 bridgehead atoms. The number of carboxylic acids is 1. The van der Waals surface area contributed by atoms with Gasteiger partial charge in [0.25, 0.3) is 5.91 Å². The fraction of sp³-hybridized carbons (Fsp3) is 0.562. The summed E-state index contributed by atoms with van der Waals surface area (Å²) in [4.78, 5) is 35.8. The number of nitrogens with zero attached hydrogens (tertiary/aromatic N) is 2. The van der Waals surface area contributed by atoms with Crippen molar-refractivity contribution in [3.63, 3.8) is 0 Å². The van der Waals surface area contributed by atoms with E-state index < -0.39 is 42.1 Å². The lowest BCUT2D eigenvalue weighted by atomic mass is 9.97. The van der Waals surface area contributed by atoms with Gasteiger partial charge in [-0.05, 0) is 26.3 Å². The van der Waals surface area contributed by atoms with Gasteiger partial charge in [-0.2, -0.15) is 0 Å². The van der Waals surface area contributed by atoms with Crippen molar-refractivity contribution in [2.75, 3.05) is 19.7 Å². The molecule has 2 atom stereocenters. The zero-order chi connectivity index (χ0) is 18.9. The highest BCUT2D eigenvalue weighted by molar-refractivity contribution is 5.89. The van der Waals surface area contributed by atoms with Gasteiger partial charge in [0.15, 0.2) is 0 Å². The van der Waals surface area contributed by atoms with Gasteiger partial charge in [-0.3, -0.25) is 9.59 Å². The minimum absolute atomic E-state index is 0.161. The number of carboxylic acid groups (broad SMARTS) is 1. The van der Waals surface area contributed by atoms with Crippen molar-refractivity contribution in [3.05, 3.63) is 23.9 Å². The van der Waals surface area contributed by atoms with Crippen LogP contribution in [0, 0.1) is 5.92 Å². The van der Waals surface area contributed by atoms with Gasteiger partial charge in [0.1, 0.15) is 11.6 Å². The Kier molecular flexibility index (Phi) is 5.19. The first-order chi connectivity index (χ1) is 11.6. The molecule has 0 aromatic heterocycles. The molecule has 9 heteroatoms. The van der Waals surface area contributed by atoms with E-state index >= 15 is 0 Å². The topological polar surface area (TPSA) is 119 Å². The number of aliphatic carboxylic acids is 1. The normalized spacial score (nSPS) is 22.0. The van der Waals surface area contributed by atoms with Gasteiger partial charge >= 0.3 is 12.1 Å². The molecule has 2 heterocycles. The number of rotatable bonds is 5. The van der Waals surface area contributed by atoms with Crippen LogP contribution >= 0.6 is 0 Å². The Balaban J connectivity index is 2.17. The van der Waals surface area contributed by atoms with Crippen molar-refractivity contribution < 1.29 is 29.3 Å². The monoisotopic (exact) mass is 353 g/mol. The summed E-state index contributed by atoms with van der Waals surface area (Å²) in [6.45, 7) is 8.48. The second kappa shape index (κ2) is 6.85. The number of nitrogens with one attached hydrogen (secondary N) is 1. The van der Waals surface area contributed by atoms with Crippen LogP contribution < -0.4 is 5.32 Å². The van der Waals surface area contributed by atoms with Crippen molar-refractivity contribution in [1.29, 1.82) is 0 Å². The lowest BCUT2D eigenvalue weighted by Crippen LogP contribution is -2.45. The molecular weight excluding hydrogens is 330 g/mol. The van der Waals surface area contributed by atoms with Gasteiger partial charge in [0, 0.05) is 13.1 Å². The summed E-state index contributed by atoms with van der Waals surface area (Å²) >= 11 is 0.